The number of hydrogen-bond donors (Lipinski definition) is 2. The largest absolute Gasteiger partial charge is 0.506 e. The van der Waals surface area contributed by atoms with E-state index in [1.807, 2.05) is 0 Å². The van der Waals surface area contributed by atoms with Gasteiger partial charge < -0.3 is 15.3 Å². The van der Waals surface area contributed by atoms with Gasteiger partial charge in [-0.3, -0.25) is 0 Å². The fourth-order valence-electron chi connectivity index (χ4n) is 3.00. The van der Waals surface area contributed by atoms with Gasteiger partial charge >= 0.3 is 0 Å². The zero-order chi connectivity index (χ0) is 14.8. The lowest BCUT2D eigenvalue weighted by Crippen LogP contribution is -2.49. The molecular formula is C15H22Cl2N2O. The molecule has 0 bridgehead atoms. The molecule has 20 heavy (non-hydrogen) atoms. The van der Waals surface area contributed by atoms with Gasteiger partial charge in [-0.05, 0) is 39.1 Å². The molecule has 0 radical (unpaired) electrons. The van der Waals surface area contributed by atoms with Crippen LogP contribution in [0.25, 0.3) is 0 Å². The fourth-order valence-corrected chi connectivity index (χ4v) is 3.53. The number of nitrogens with one attached hydrogen (secondary N) is 1. The fraction of sp³-hybridized carbons (Fsp3) is 0.600. The van der Waals surface area contributed by atoms with Crippen molar-refractivity contribution in [3.63, 3.8) is 0 Å². The molecule has 0 atom stereocenters. The first kappa shape index (κ1) is 15.9. The topological polar surface area (TPSA) is 35.5 Å². The second-order valence-corrected chi connectivity index (χ2v) is 6.67. The van der Waals surface area contributed by atoms with Crippen LogP contribution in [-0.2, 0) is 6.54 Å². The van der Waals surface area contributed by atoms with Gasteiger partial charge in [0.05, 0.1) is 5.02 Å². The van der Waals surface area contributed by atoms with Crippen LogP contribution in [0.2, 0.25) is 10.0 Å². The van der Waals surface area contributed by atoms with Gasteiger partial charge in [-0.1, -0.05) is 36.0 Å². The summed E-state index contributed by atoms with van der Waals surface area (Å²) in [6, 6.07) is 3.31. The van der Waals surface area contributed by atoms with E-state index >= 15 is 0 Å². The van der Waals surface area contributed by atoms with Crippen molar-refractivity contribution in [3.05, 3.63) is 27.7 Å². The molecule has 1 aliphatic carbocycles. The number of aromatic hydroxyl groups is 1. The molecule has 2 rings (SSSR count). The summed E-state index contributed by atoms with van der Waals surface area (Å²) in [5, 5.41) is 14.2. The molecule has 0 aromatic heterocycles. The second-order valence-electron chi connectivity index (χ2n) is 5.82. The second kappa shape index (κ2) is 6.52. The standard InChI is InChI=1S/C15H22Cl2N2O/c1-19(2)15(5-3-4-6-15)10-18-9-11-7-12(16)8-13(17)14(11)20/h7-8,18,20H,3-6,9-10H2,1-2H3. The maximum atomic E-state index is 9.95. The van der Waals surface area contributed by atoms with Gasteiger partial charge in [0.15, 0.2) is 0 Å². The average molecular weight is 317 g/mol. The minimum Gasteiger partial charge on any atom is -0.506 e. The first-order valence-corrected chi connectivity index (χ1v) is 7.75. The summed E-state index contributed by atoms with van der Waals surface area (Å²) in [4.78, 5) is 2.32. The maximum Gasteiger partial charge on any atom is 0.138 e. The van der Waals surface area contributed by atoms with Crippen LogP contribution >= 0.6 is 23.2 Å². The molecule has 0 amide bonds. The molecule has 1 saturated carbocycles. The summed E-state index contributed by atoms with van der Waals surface area (Å²) in [5.74, 6) is 0.119. The Morgan fingerprint density at radius 2 is 1.90 bits per heavy atom. The Kier molecular flexibility index (Phi) is 5.19. The minimum absolute atomic E-state index is 0.119. The SMILES string of the molecule is CN(C)C1(CNCc2cc(Cl)cc(Cl)c2O)CCCC1. The highest BCUT2D eigenvalue weighted by Crippen LogP contribution is 2.34. The third-order valence-electron chi connectivity index (χ3n) is 4.36. The third kappa shape index (κ3) is 3.40. The molecule has 0 unspecified atom stereocenters. The Balaban J connectivity index is 1.99. The van der Waals surface area contributed by atoms with E-state index in [-0.39, 0.29) is 11.3 Å². The lowest BCUT2D eigenvalue weighted by Gasteiger charge is -2.36. The molecule has 3 nitrogen and oxygen atoms in total. The molecule has 112 valence electrons. The predicted octanol–water partition coefficient (Wildman–Crippen LogP) is 3.66. The summed E-state index contributed by atoms with van der Waals surface area (Å²) >= 11 is 11.9. The van der Waals surface area contributed by atoms with E-state index < -0.39 is 0 Å². The Morgan fingerprint density at radius 1 is 1.25 bits per heavy atom. The Hall–Kier alpha value is -0.480. The normalized spacial score (nSPS) is 17.9. The molecule has 2 N–H and O–H groups in total. The molecule has 1 aromatic carbocycles. The van der Waals surface area contributed by atoms with E-state index in [9.17, 15) is 5.11 Å². The number of nitrogens with zero attached hydrogens (tertiary/aromatic N) is 1. The van der Waals surface area contributed by atoms with Crippen molar-refractivity contribution < 1.29 is 5.11 Å². The average Bonchev–Trinajstić information content (AvgIpc) is 2.85. The van der Waals surface area contributed by atoms with Crippen LogP contribution in [0.1, 0.15) is 31.2 Å². The highest BCUT2D eigenvalue weighted by atomic mass is 35.5. The number of rotatable bonds is 5. The van der Waals surface area contributed by atoms with E-state index in [0.29, 0.717) is 16.6 Å². The molecule has 0 spiro atoms. The van der Waals surface area contributed by atoms with E-state index in [0.717, 1.165) is 12.1 Å². The van der Waals surface area contributed by atoms with Gasteiger partial charge in [-0.2, -0.15) is 0 Å². The number of hydrogen-bond acceptors (Lipinski definition) is 3. The van der Waals surface area contributed by atoms with Gasteiger partial charge in [-0.25, -0.2) is 0 Å². The van der Waals surface area contributed by atoms with Crippen LogP contribution in [0.15, 0.2) is 12.1 Å². The first-order chi connectivity index (χ1) is 9.44. The molecular weight excluding hydrogens is 295 g/mol. The summed E-state index contributed by atoms with van der Waals surface area (Å²) < 4.78 is 0. The molecule has 5 heteroatoms. The van der Waals surface area contributed by atoms with Gasteiger partial charge in [0.2, 0.25) is 0 Å². The number of halogens is 2. The molecule has 0 aliphatic heterocycles. The summed E-state index contributed by atoms with van der Waals surface area (Å²) in [6.07, 6.45) is 5.01. The van der Waals surface area contributed by atoms with Crippen LogP contribution in [-0.4, -0.2) is 36.2 Å². The maximum absolute atomic E-state index is 9.95. The highest BCUT2D eigenvalue weighted by Gasteiger charge is 2.35. The van der Waals surface area contributed by atoms with E-state index in [4.69, 9.17) is 23.2 Å². The number of phenolic OH excluding ortho intramolecular Hbond substituents is 1. The molecule has 1 aliphatic rings. The molecule has 1 aromatic rings. The number of benzene rings is 1. The Bertz CT molecular complexity index is 471. The minimum atomic E-state index is 0.119. The van der Waals surface area contributed by atoms with Crippen molar-refractivity contribution in [1.82, 2.24) is 10.2 Å². The summed E-state index contributed by atoms with van der Waals surface area (Å²) in [5.41, 5.74) is 0.979. The zero-order valence-electron chi connectivity index (χ0n) is 12.0. The predicted molar refractivity (Wildman–Crippen MR) is 84.7 cm³/mol. The first-order valence-electron chi connectivity index (χ1n) is 7.00. The molecule has 1 fully saturated rings. The van der Waals surface area contributed by atoms with Crippen LogP contribution in [0, 0.1) is 0 Å². The smallest absolute Gasteiger partial charge is 0.138 e. The van der Waals surface area contributed by atoms with Gasteiger partial charge in [0.25, 0.3) is 0 Å². The summed E-state index contributed by atoms with van der Waals surface area (Å²) in [7, 11) is 4.28. The lowest BCUT2D eigenvalue weighted by molar-refractivity contribution is 0.153. The Labute approximate surface area is 130 Å². The van der Waals surface area contributed by atoms with E-state index in [2.05, 4.69) is 24.3 Å². The van der Waals surface area contributed by atoms with Crippen molar-refractivity contribution in [3.8, 4) is 5.75 Å². The Morgan fingerprint density at radius 3 is 2.50 bits per heavy atom. The van der Waals surface area contributed by atoms with Crippen LogP contribution < -0.4 is 5.32 Å². The molecule has 0 saturated heterocycles. The van der Waals surface area contributed by atoms with Gasteiger partial charge in [0.1, 0.15) is 5.75 Å². The van der Waals surface area contributed by atoms with Crippen molar-refractivity contribution >= 4 is 23.2 Å². The number of phenols is 1. The lowest BCUT2D eigenvalue weighted by atomic mass is 9.96. The van der Waals surface area contributed by atoms with E-state index in [1.54, 1.807) is 12.1 Å². The van der Waals surface area contributed by atoms with Crippen molar-refractivity contribution in [2.75, 3.05) is 20.6 Å². The number of likely N-dealkylation sites (N-methyl/N-ethyl adjacent to an activating group) is 1. The van der Waals surface area contributed by atoms with Crippen LogP contribution in [0.4, 0.5) is 0 Å². The van der Waals surface area contributed by atoms with Crippen molar-refractivity contribution in [1.29, 1.82) is 0 Å². The van der Waals surface area contributed by atoms with Crippen molar-refractivity contribution in [2.24, 2.45) is 0 Å². The summed E-state index contributed by atoms with van der Waals surface area (Å²) in [6.45, 7) is 1.48. The van der Waals surface area contributed by atoms with E-state index in [1.165, 1.54) is 25.7 Å². The monoisotopic (exact) mass is 316 g/mol. The van der Waals surface area contributed by atoms with Crippen LogP contribution in [0.5, 0.6) is 5.75 Å². The third-order valence-corrected chi connectivity index (χ3v) is 4.87. The van der Waals surface area contributed by atoms with Gasteiger partial charge in [0, 0.05) is 29.2 Å². The quantitative estimate of drug-likeness (QED) is 0.870. The van der Waals surface area contributed by atoms with Crippen LogP contribution in [0.3, 0.4) is 0 Å². The zero-order valence-corrected chi connectivity index (χ0v) is 13.6. The van der Waals surface area contributed by atoms with Crippen molar-refractivity contribution in [2.45, 2.75) is 37.8 Å². The van der Waals surface area contributed by atoms with Gasteiger partial charge in [-0.15, -0.1) is 0 Å². The molecule has 0 heterocycles. The highest BCUT2D eigenvalue weighted by molar-refractivity contribution is 6.35.